The Morgan fingerprint density at radius 1 is 1.00 bits per heavy atom. The molecule has 1 heterocycles. The number of aromatic hydroxyl groups is 1. The smallest absolute Gasteiger partial charge is 0.290 e. The number of carbonyl (C=O) groups excluding carboxylic acids is 1. The number of sulfonamides is 1. The number of phenols is 1. The van der Waals surface area contributed by atoms with Crippen molar-refractivity contribution < 1.29 is 35.3 Å². The van der Waals surface area contributed by atoms with Crippen molar-refractivity contribution in [2.75, 3.05) is 10.0 Å². The third-order valence-electron chi connectivity index (χ3n) is 3.76. The Balaban J connectivity index is 0.00000300. The number of benzene rings is 2. The molecule has 29 heavy (non-hydrogen) atoms. The number of amides is 1. The van der Waals surface area contributed by atoms with Crippen LogP contribution in [0.4, 0.5) is 11.4 Å². The molecule has 3 aromatic rings. The Kier molecular flexibility index (Phi) is 7.44. The molecule has 0 atom stereocenters. The summed E-state index contributed by atoms with van der Waals surface area (Å²) < 4.78 is 28.7. The molecule has 10 heteroatoms. The second-order valence-corrected chi connectivity index (χ2v) is 7.95. The topological polar surface area (TPSA) is 99.4 Å². The van der Waals surface area contributed by atoms with E-state index in [0.717, 1.165) is 0 Å². The molecule has 1 aromatic heterocycles. The fourth-order valence-corrected chi connectivity index (χ4v) is 3.74. The first-order chi connectivity index (χ1) is 13.3. The van der Waals surface area contributed by atoms with Gasteiger partial charge in [-0.1, -0.05) is 35.9 Å². The predicted octanol–water partition coefficient (Wildman–Crippen LogP) is -0.223. The highest BCUT2D eigenvalue weighted by atomic mass is 35.5. The van der Waals surface area contributed by atoms with Crippen molar-refractivity contribution >= 4 is 38.9 Å². The molecule has 0 fully saturated rings. The lowest BCUT2D eigenvalue weighted by molar-refractivity contribution is -0.684. The van der Waals surface area contributed by atoms with Gasteiger partial charge in [-0.25, -0.2) is 8.42 Å². The number of rotatable bonds is 6. The van der Waals surface area contributed by atoms with Crippen LogP contribution in [0, 0.1) is 0 Å². The summed E-state index contributed by atoms with van der Waals surface area (Å²) in [5.41, 5.74) is 0.0765. The molecule has 2 aromatic carbocycles. The summed E-state index contributed by atoms with van der Waals surface area (Å²) in [4.78, 5) is 12.2. The second kappa shape index (κ2) is 9.60. The SMILES string of the molecule is O=C(C[n+]1ccccc1)Nc1cc(O)c(NS(=O)(=O)c2ccccc2)cc1Cl.[Cl-]. The standard InChI is InChI=1S/C19H16ClN3O4S.ClH/c20-15-11-17(22-28(26,27)14-7-3-1-4-8-14)18(24)12-16(15)21-19(25)13-23-9-5-2-6-10-23;/h1-12,22H,13H2,(H-,21,24,25);1H. The molecule has 7 nitrogen and oxygen atoms in total. The number of carbonyl (C=O) groups is 1. The first-order valence-corrected chi connectivity index (χ1v) is 10.1. The highest BCUT2D eigenvalue weighted by molar-refractivity contribution is 7.92. The molecule has 0 saturated heterocycles. The summed E-state index contributed by atoms with van der Waals surface area (Å²) in [6, 6.07) is 15.6. The normalized spacial score (nSPS) is 10.7. The van der Waals surface area contributed by atoms with Gasteiger partial charge in [0.25, 0.3) is 15.9 Å². The third kappa shape index (κ3) is 5.83. The summed E-state index contributed by atoms with van der Waals surface area (Å²) in [5.74, 6) is -0.721. The van der Waals surface area contributed by atoms with Crippen molar-refractivity contribution in [1.29, 1.82) is 0 Å². The fraction of sp³-hybridized carbons (Fsp3) is 0.0526. The van der Waals surface area contributed by atoms with Gasteiger partial charge in [-0.3, -0.25) is 9.52 Å². The lowest BCUT2D eigenvalue weighted by Gasteiger charge is -2.13. The number of hydrogen-bond donors (Lipinski definition) is 3. The molecule has 0 aliphatic rings. The zero-order chi connectivity index (χ0) is 20.1. The molecule has 0 aliphatic heterocycles. The maximum absolute atomic E-state index is 12.4. The summed E-state index contributed by atoms with van der Waals surface area (Å²) in [5, 5.41) is 12.9. The zero-order valence-electron chi connectivity index (χ0n) is 14.9. The average molecular weight is 454 g/mol. The Morgan fingerprint density at radius 2 is 1.62 bits per heavy atom. The number of aromatic nitrogens is 1. The Labute approximate surface area is 179 Å². The Morgan fingerprint density at radius 3 is 2.28 bits per heavy atom. The summed E-state index contributed by atoms with van der Waals surface area (Å²) in [6.45, 7) is 0.0559. The summed E-state index contributed by atoms with van der Waals surface area (Å²) in [7, 11) is -3.89. The molecule has 3 N–H and O–H groups in total. The molecule has 0 bridgehead atoms. The number of halogens is 2. The van der Waals surface area contributed by atoms with Crippen molar-refractivity contribution in [3.8, 4) is 5.75 Å². The van der Waals surface area contributed by atoms with Crippen molar-refractivity contribution in [1.82, 2.24) is 0 Å². The fourth-order valence-electron chi connectivity index (χ4n) is 2.44. The summed E-state index contributed by atoms with van der Waals surface area (Å²) >= 11 is 6.16. The van der Waals surface area contributed by atoms with E-state index >= 15 is 0 Å². The first kappa shape index (κ1) is 22.5. The molecule has 0 saturated carbocycles. The van der Waals surface area contributed by atoms with Gasteiger partial charge < -0.3 is 22.8 Å². The number of anilines is 2. The zero-order valence-corrected chi connectivity index (χ0v) is 17.2. The highest BCUT2D eigenvalue weighted by Gasteiger charge is 2.18. The van der Waals surface area contributed by atoms with Gasteiger partial charge in [0, 0.05) is 18.2 Å². The molecular weight excluding hydrogens is 437 g/mol. The molecular formula is C19H17Cl2N3O4S. The van der Waals surface area contributed by atoms with E-state index in [4.69, 9.17) is 11.6 Å². The largest absolute Gasteiger partial charge is 1.00 e. The van der Waals surface area contributed by atoms with Crippen LogP contribution in [0.2, 0.25) is 5.02 Å². The van der Waals surface area contributed by atoms with Gasteiger partial charge >= 0.3 is 0 Å². The lowest BCUT2D eigenvalue weighted by atomic mass is 10.2. The monoisotopic (exact) mass is 453 g/mol. The van der Waals surface area contributed by atoms with E-state index in [1.165, 1.54) is 24.3 Å². The minimum Gasteiger partial charge on any atom is -1.00 e. The number of hydrogen-bond acceptors (Lipinski definition) is 4. The van der Waals surface area contributed by atoms with E-state index in [1.807, 2.05) is 6.07 Å². The first-order valence-electron chi connectivity index (χ1n) is 8.19. The average Bonchev–Trinajstić information content (AvgIpc) is 2.67. The van der Waals surface area contributed by atoms with Crippen LogP contribution >= 0.6 is 11.6 Å². The number of pyridine rings is 1. The van der Waals surface area contributed by atoms with Crippen LogP contribution in [0.25, 0.3) is 0 Å². The van der Waals surface area contributed by atoms with Gasteiger partial charge in [0.2, 0.25) is 6.54 Å². The lowest BCUT2D eigenvalue weighted by Crippen LogP contribution is -3.00. The van der Waals surface area contributed by atoms with Gasteiger partial charge in [0.15, 0.2) is 12.4 Å². The molecule has 152 valence electrons. The summed E-state index contributed by atoms with van der Waals surface area (Å²) in [6.07, 6.45) is 3.47. The van der Waals surface area contributed by atoms with Gasteiger partial charge in [-0.15, -0.1) is 0 Å². The van der Waals surface area contributed by atoms with Gasteiger partial charge in [0.05, 0.1) is 21.3 Å². The van der Waals surface area contributed by atoms with E-state index in [2.05, 4.69) is 10.0 Å². The van der Waals surface area contributed by atoms with Crippen LogP contribution in [0.15, 0.2) is 78.0 Å². The molecule has 3 rings (SSSR count). The minimum atomic E-state index is -3.89. The molecule has 1 amide bonds. The maximum atomic E-state index is 12.4. The molecule has 0 radical (unpaired) electrons. The Bertz CT molecular complexity index is 1100. The van der Waals surface area contributed by atoms with E-state index in [9.17, 15) is 18.3 Å². The van der Waals surface area contributed by atoms with Crippen LogP contribution in [0.1, 0.15) is 0 Å². The predicted molar refractivity (Wildman–Crippen MR) is 106 cm³/mol. The van der Waals surface area contributed by atoms with Crippen molar-refractivity contribution in [3.63, 3.8) is 0 Å². The van der Waals surface area contributed by atoms with Gasteiger partial charge in [0.1, 0.15) is 5.75 Å². The minimum absolute atomic E-state index is 0. The van der Waals surface area contributed by atoms with Crippen molar-refractivity contribution in [3.05, 3.63) is 78.1 Å². The van der Waals surface area contributed by atoms with E-state index in [-0.39, 0.29) is 51.9 Å². The van der Waals surface area contributed by atoms with E-state index in [0.29, 0.717) is 0 Å². The van der Waals surface area contributed by atoms with Crippen LogP contribution < -0.4 is 27.0 Å². The highest BCUT2D eigenvalue weighted by Crippen LogP contribution is 2.35. The van der Waals surface area contributed by atoms with Gasteiger partial charge in [-0.05, 0) is 18.2 Å². The number of phenolic OH excluding ortho intramolecular Hbond substituents is 1. The van der Waals surface area contributed by atoms with E-state index in [1.54, 1.807) is 47.3 Å². The van der Waals surface area contributed by atoms with Crippen LogP contribution in [0.5, 0.6) is 5.75 Å². The van der Waals surface area contributed by atoms with E-state index < -0.39 is 10.0 Å². The molecule has 0 aliphatic carbocycles. The number of nitrogens with one attached hydrogen (secondary N) is 2. The number of nitrogens with zero attached hydrogens (tertiary/aromatic N) is 1. The van der Waals surface area contributed by atoms with Crippen molar-refractivity contribution in [2.45, 2.75) is 11.4 Å². The van der Waals surface area contributed by atoms with Gasteiger partial charge in [-0.2, -0.15) is 4.57 Å². The molecule has 0 spiro atoms. The third-order valence-corrected chi connectivity index (χ3v) is 5.45. The van der Waals surface area contributed by atoms with Crippen molar-refractivity contribution in [2.24, 2.45) is 0 Å². The van der Waals surface area contributed by atoms with Crippen LogP contribution in [0.3, 0.4) is 0 Å². The van der Waals surface area contributed by atoms with Crippen LogP contribution in [-0.2, 0) is 21.4 Å². The quantitative estimate of drug-likeness (QED) is 0.354. The maximum Gasteiger partial charge on any atom is 0.290 e. The second-order valence-electron chi connectivity index (χ2n) is 5.86. The van der Waals surface area contributed by atoms with Crippen LogP contribution in [-0.4, -0.2) is 19.4 Å². The molecule has 0 unspecified atom stereocenters. The Hall–Kier alpha value is -2.81.